The third kappa shape index (κ3) is 7.31. The van der Waals surface area contributed by atoms with Gasteiger partial charge in [0.25, 0.3) is 15.9 Å². The molecule has 2 heterocycles. The molecule has 0 aliphatic carbocycles. The molecule has 1 amide bonds. The van der Waals surface area contributed by atoms with E-state index < -0.39 is 28.5 Å². The Morgan fingerprint density at radius 2 is 2.03 bits per heavy atom. The zero-order valence-electron chi connectivity index (χ0n) is 17.7. The minimum absolute atomic E-state index is 0.00779. The number of esters is 1. The molecule has 0 fully saturated rings. The number of nitrogens with one attached hydrogen (secondary N) is 2. The van der Waals surface area contributed by atoms with Gasteiger partial charge in [0.15, 0.2) is 6.61 Å². The molecule has 8 nitrogen and oxygen atoms in total. The first-order chi connectivity index (χ1) is 15.3. The quantitative estimate of drug-likeness (QED) is 0.470. The second-order valence-electron chi connectivity index (χ2n) is 7.21. The summed E-state index contributed by atoms with van der Waals surface area (Å²) in [6.07, 6.45) is 6.32. The van der Waals surface area contributed by atoms with E-state index in [9.17, 15) is 18.0 Å². The van der Waals surface area contributed by atoms with E-state index in [0.717, 1.165) is 29.0 Å². The van der Waals surface area contributed by atoms with Gasteiger partial charge in [0.2, 0.25) is 0 Å². The van der Waals surface area contributed by atoms with Crippen molar-refractivity contribution in [3.63, 3.8) is 0 Å². The van der Waals surface area contributed by atoms with Crippen LogP contribution in [0.3, 0.4) is 0 Å². The molecule has 1 aliphatic heterocycles. The zero-order valence-corrected chi connectivity index (χ0v) is 19.3. The number of nitrogens with zero attached hydrogens (tertiary/aromatic N) is 1. The van der Waals surface area contributed by atoms with Crippen LogP contribution in [0.15, 0.2) is 52.4 Å². The van der Waals surface area contributed by atoms with Crippen LogP contribution in [0.2, 0.25) is 0 Å². The van der Waals surface area contributed by atoms with Crippen molar-refractivity contribution < 1.29 is 22.7 Å². The fourth-order valence-electron chi connectivity index (χ4n) is 2.99. The Kier molecular flexibility index (Phi) is 8.18. The van der Waals surface area contributed by atoms with Crippen molar-refractivity contribution in [3.05, 3.63) is 52.2 Å². The fraction of sp³-hybridized carbons (Fsp3) is 0.318. The third-order valence-corrected chi connectivity index (χ3v) is 6.89. The standard InChI is InChI=1S/C22H25N3O5S2/c1-16-9-10-18(31-16)11-12-22(27)30-15-21(26)24-17-6-5-7-19(14-17)32(28,29)25-20-8-3-2-4-13-23-20/h5-7,9-12,14H,2-4,8,13,15H2,1H3,(H,23,25)(H,24,26)/b12-11+. The molecule has 2 aromatic rings. The van der Waals surface area contributed by atoms with Gasteiger partial charge in [-0.3, -0.25) is 14.5 Å². The molecule has 0 saturated carbocycles. The smallest absolute Gasteiger partial charge is 0.331 e. The Labute approximate surface area is 191 Å². The molecule has 0 atom stereocenters. The van der Waals surface area contributed by atoms with Crippen LogP contribution in [0.4, 0.5) is 5.69 Å². The highest BCUT2D eigenvalue weighted by Gasteiger charge is 2.18. The predicted octanol–water partition coefficient (Wildman–Crippen LogP) is 3.50. The SMILES string of the molecule is Cc1ccc(/C=C/C(=O)OCC(=O)Nc2cccc(S(=O)(=O)NC3=NCCCCC3)c2)s1. The van der Waals surface area contributed by atoms with Gasteiger partial charge in [-0.05, 0) is 56.2 Å². The van der Waals surface area contributed by atoms with Gasteiger partial charge in [0, 0.05) is 34.5 Å². The summed E-state index contributed by atoms with van der Waals surface area (Å²) in [5.41, 5.74) is 0.279. The molecule has 0 radical (unpaired) electrons. The highest BCUT2D eigenvalue weighted by Crippen LogP contribution is 2.17. The van der Waals surface area contributed by atoms with Gasteiger partial charge in [0.05, 0.1) is 4.90 Å². The average Bonchev–Trinajstić information content (AvgIpc) is 3.01. The number of aliphatic imine (C=N–C) groups is 1. The first-order valence-corrected chi connectivity index (χ1v) is 12.5. The van der Waals surface area contributed by atoms with E-state index in [1.807, 2.05) is 19.1 Å². The number of carbonyl (C=O) groups is 2. The van der Waals surface area contributed by atoms with E-state index in [1.54, 1.807) is 12.1 Å². The molecule has 0 unspecified atom stereocenters. The lowest BCUT2D eigenvalue weighted by atomic mass is 10.2. The first kappa shape index (κ1) is 23.7. The Morgan fingerprint density at radius 1 is 1.19 bits per heavy atom. The molecule has 1 aromatic carbocycles. The summed E-state index contributed by atoms with van der Waals surface area (Å²) in [5, 5.41) is 2.54. The van der Waals surface area contributed by atoms with Crippen molar-refractivity contribution >= 4 is 50.8 Å². The van der Waals surface area contributed by atoms with E-state index in [0.29, 0.717) is 18.8 Å². The molecule has 1 aromatic heterocycles. The molecule has 0 bridgehead atoms. The summed E-state index contributed by atoms with van der Waals surface area (Å²) in [7, 11) is -3.82. The number of rotatable bonds is 7. The molecular weight excluding hydrogens is 450 g/mol. The Balaban J connectivity index is 1.54. The monoisotopic (exact) mass is 475 g/mol. The van der Waals surface area contributed by atoms with Crippen LogP contribution in [0.1, 0.15) is 35.4 Å². The minimum Gasteiger partial charge on any atom is -0.452 e. The number of thiophene rings is 1. The van der Waals surface area contributed by atoms with Crippen molar-refractivity contribution in [2.75, 3.05) is 18.5 Å². The van der Waals surface area contributed by atoms with Crippen molar-refractivity contribution in [2.45, 2.75) is 37.5 Å². The normalized spacial score (nSPS) is 14.5. The van der Waals surface area contributed by atoms with Crippen LogP contribution < -0.4 is 10.0 Å². The number of ether oxygens (including phenoxy) is 1. The van der Waals surface area contributed by atoms with Gasteiger partial charge in [-0.15, -0.1) is 11.3 Å². The molecule has 1 aliphatic rings. The van der Waals surface area contributed by atoms with Gasteiger partial charge in [0.1, 0.15) is 5.84 Å². The van der Waals surface area contributed by atoms with Crippen LogP contribution in [0, 0.1) is 6.92 Å². The number of amidine groups is 1. The Morgan fingerprint density at radius 3 is 2.81 bits per heavy atom. The Hall–Kier alpha value is -2.98. The molecule has 10 heteroatoms. The van der Waals surface area contributed by atoms with Gasteiger partial charge in [-0.2, -0.15) is 0 Å². The summed E-state index contributed by atoms with van der Waals surface area (Å²) in [5.74, 6) is -0.764. The van der Waals surface area contributed by atoms with Crippen molar-refractivity contribution in [1.29, 1.82) is 0 Å². The van der Waals surface area contributed by atoms with Gasteiger partial charge in [-0.25, -0.2) is 13.2 Å². The molecule has 0 saturated heterocycles. The highest BCUT2D eigenvalue weighted by molar-refractivity contribution is 7.90. The van der Waals surface area contributed by atoms with Crippen LogP contribution >= 0.6 is 11.3 Å². The molecular formula is C22H25N3O5S2. The molecule has 170 valence electrons. The number of anilines is 1. The summed E-state index contributed by atoms with van der Waals surface area (Å²) in [6, 6.07) is 9.69. The van der Waals surface area contributed by atoms with Crippen molar-refractivity contribution in [2.24, 2.45) is 4.99 Å². The average molecular weight is 476 g/mol. The topological polar surface area (TPSA) is 114 Å². The lowest BCUT2D eigenvalue weighted by molar-refractivity contribution is -0.142. The van der Waals surface area contributed by atoms with E-state index in [4.69, 9.17) is 4.74 Å². The number of benzene rings is 1. The summed E-state index contributed by atoms with van der Waals surface area (Å²) >= 11 is 1.54. The molecule has 32 heavy (non-hydrogen) atoms. The summed E-state index contributed by atoms with van der Waals surface area (Å²) < 4.78 is 32.8. The van der Waals surface area contributed by atoms with Gasteiger partial charge >= 0.3 is 5.97 Å². The van der Waals surface area contributed by atoms with E-state index in [1.165, 1.54) is 35.6 Å². The summed E-state index contributed by atoms with van der Waals surface area (Å²) in [4.78, 5) is 30.2. The molecule has 2 N–H and O–H groups in total. The van der Waals surface area contributed by atoms with Crippen molar-refractivity contribution in [3.8, 4) is 0 Å². The second kappa shape index (κ2) is 11.1. The number of hydrogen-bond donors (Lipinski definition) is 2. The lowest BCUT2D eigenvalue weighted by Crippen LogP contribution is -2.30. The van der Waals surface area contributed by atoms with Crippen LogP contribution in [0.5, 0.6) is 0 Å². The van der Waals surface area contributed by atoms with Crippen LogP contribution in [-0.4, -0.2) is 39.3 Å². The third-order valence-electron chi connectivity index (χ3n) is 4.54. The predicted molar refractivity (Wildman–Crippen MR) is 125 cm³/mol. The van der Waals surface area contributed by atoms with Crippen LogP contribution in [-0.2, 0) is 24.3 Å². The highest BCUT2D eigenvalue weighted by atomic mass is 32.2. The first-order valence-electron chi connectivity index (χ1n) is 10.2. The number of sulfonamides is 1. The molecule has 0 spiro atoms. The van der Waals surface area contributed by atoms with Gasteiger partial charge in [-0.1, -0.05) is 12.5 Å². The largest absolute Gasteiger partial charge is 0.452 e. The fourth-order valence-corrected chi connectivity index (χ4v) is 4.90. The zero-order chi connectivity index (χ0) is 23.0. The maximum atomic E-state index is 12.7. The maximum Gasteiger partial charge on any atom is 0.331 e. The Bertz CT molecular complexity index is 1140. The number of aryl methyl sites for hydroxylation is 1. The second-order valence-corrected chi connectivity index (χ2v) is 10.2. The lowest BCUT2D eigenvalue weighted by Gasteiger charge is -2.11. The maximum absolute atomic E-state index is 12.7. The van der Waals surface area contributed by atoms with Gasteiger partial charge < -0.3 is 10.1 Å². The van der Waals surface area contributed by atoms with Crippen molar-refractivity contribution in [1.82, 2.24) is 4.72 Å². The number of amides is 1. The minimum atomic E-state index is -3.82. The van der Waals surface area contributed by atoms with E-state index in [-0.39, 0.29) is 10.6 Å². The van der Waals surface area contributed by atoms with E-state index >= 15 is 0 Å². The molecule has 3 rings (SSSR count). The number of carbonyl (C=O) groups excluding carboxylic acids is 2. The summed E-state index contributed by atoms with van der Waals surface area (Å²) in [6.45, 7) is 2.08. The van der Waals surface area contributed by atoms with E-state index in [2.05, 4.69) is 15.0 Å². The van der Waals surface area contributed by atoms with Crippen LogP contribution in [0.25, 0.3) is 6.08 Å². The number of hydrogen-bond acceptors (Lipinski definition) is 7.